The van der Waals surface area contributed by atoms with Crippen molar-refractivity contribution >= 4 is 11.7 Å². The molecule has 0 radical (unpaired) electrons. The molecule has 2 rings (SSSR count). The highest BCUT2D eigenvalue weighted by Gasteiger charge is 2.26. The van der Waals surface area contributed by atoms with Crippen molar-refractivity contribution in [1.82, 2.24) is 14.9 Å². The van der Waals surface area contributed by atoms with Crippen LogP contribution in [0.1, 0.15) is 23.3 Å². The maximum atomic E-state index is 11.5. The Morgan fingerprint density at radius 1 is 1.62 bits per heavy atom. The summed E-state index contributed by atoms with van der Waals surface area (Å²) in [5, 5.41) is 10.8. The van der Waals surface area contributed by atoms with E-state index in [2.05, 4.69) is 19.6 Å². The van der Waals surface area contributed by atoms with E-state index in [9.17, 15) is 14.9 Å². The minimum absolute atomic E-state index is 0.0682. The third-order valence-corrected chi connectivity index (χ3v) is 3.40. The lowest BCUT2D eigenvalue weighted by Gasteiger charge is -2.18. The Morgan fingerprint density at radius 3 is 2.95 bits per heavy atom. The van der Waals surface area contributed by atoms with Crippen LogP contribution in [0.5, 0.6) is 6.01 Å². The highest BCUT2D eigenvalue weighted by Crippen LogP contribution is 2.20. The molecule has 0 aliphatic carbocycles. The Hall–Kier alpha value is -2.29. The van der Waals surface area contributed by atoms with Gasteiger partial charge in [-0.3, -0.25) is 10.1 Å². The monoisotopic (exact) mass is 296 g/mol. The summed E-state index contributed by atoms with van der Waals surface area (Å²) in [6, 6.07) is 0.187. The predicted octanol–water partition coefficient (Wildman–Crippen LogP) is 0.644. The van der Waals surface area contributed by atoms with Gasteiger partial charge in [0, 0.05) is 6.04 Å². The van der Waals surface area contributed by atoms with Gasteiger partial charge in [-0.25, -0.2) is 4.79 Å². The van der Waals surface area contributed by atoms with E-state index in [0.717, 1.165) is 32.7 Å². The van der Waals surface area contributed by atoms with E-state index in [1.807, 2.05) is 7.05 Å². The number of hydrogen-bond donors (Lipinski definition) is 0. The highest BCUT2D eigenvalue weighted by atomic mass is 16.6. The molecule has 21 heavy (non-hydrogen) atoms. The predicted molar refractivity (Wildman–Crippen MR) is 71.2 cm³/mol. The summed E-state index contributed by atoms with van der Waals surface area (Å²) in [5.41, 5.74) is -0.917. The zero-order valence-electron chi connectivity index (χ0n) is 11.8. The van der Waals surface area contributed by atoms with Crippen LogP contribution in [0.2, 0.25) is 0 Å². The number of methoxy groups -OCH3 is 1. The summed E-state index contributed by atoms with van der Waals surface area (Å²) in [7, 11) is 3.12. The molecule has 2 heterocycles. The second-order valence-electron chi connectivity index (χ2n) is 4.72. The second kappa shape index (κ2) is 6.44. The number of aromatic nitrogens is 2. The Balaban J connectivity index is 2.13. The van der Waals surface area contributed by atoms with Gasteiger partial charge < -0.3 is 14.4 Å². The minimum Gasteiger partial charge on any atom is -0.464 e. The molecule has 0 spiro atoms. The molecule has 0 amide bonds. The van der Waals surface area contributed by atoms with E-state index in [0.29, 0.717) is 6.61 Å². The van der Waals surface area contributed by atoms with Crippen LogP contribution >= 0.6 is 0 Å². The van der Waals surface area contributed by atoms with E-state index in [4.69, 9.17) is 4.74 Å². The average Bonchev–Trinajstić information content (AvgIpc) is 2.89. The quantitative estimate of drug-likeness (QED) is 0.442. The molecule has 0 unspecified atom stereocenters. The number of likely N-dealkylation sites (tertiary alicyclic amines) is 1. The van der Waals surface area contributed by atoms with Gasteiger partial charge in [-0.2, -0.15) is 9.97 Å². The lowest BCUT2D eigenvalue weighted by Crippen LogP contribution is -2.31. The number of rotatable bonds is 5. The largest absolute Gasteiger partial charge is 0.464 e. The molecule has 114 valence electrons. The molecule has 1 atom stereocenters. The second-order valence-corrected chi connectivity index (χ2v) is 4.72. The van der Waals surface area contributed by atoms with Crippen molar-refractivity contribution in [3.63, 3.8) is 0 Å². The Kier molecular flexibility index (Phi) is 4.63. The van der Waals surface area contributed by atoms with E-state index in [1.165, 1.54) is 0 Å². The van der Waals surface area contributed by atoms with Crippen molar-refractivity contribution in [2.45, 2.75) is 18.9 Å². The maximum Gasteiger partial charge on any atom is 0.364 e. The fraction of sp³-hybridized carbons (Fsp3) is 0.583. The van der Waals surface area contributed by atoms with Crippen molar-refractivity contribution < 1.29 is 19.2 Å². The number of likely N-dealkylation sites (N-methyl/N-ethyl adjacent to an activating group) is 1. The van der Waals surface area contributed by atoms with Crippen LogP contribution in [0.4, 0.5) is 5.69 Å². The average molecular weight is 296 g/mol. The van der Waals surface area contributed by atoms with E-state index < -0.39 is 22.3 Å². The van der Waals surface area contributed by atoms with E-state index in [1.54, 1.807) is 0 Å². The molecule has 1 fully saturated rings. The van der Waals surface area contributed by atoms with Crippen LogP contribution in [-0.2, 0) is 4.74 Å². The molecule has 0 saturated carbocycles. The van der Waals surface area contributed by atoms with Gasteiger partial charge in [0.1, 0.15) is 12.8 Å². The van der Waals surface area contributed by atoms with Gasteiger partial charge in [0.2, 0.25) is 5.69 Å². The van der Waals surface area contributed by atoms with Gasteiger partial charge in [-0.15, -0.1) is 0 Å². The number of carbonyl (C=O) groups excluding carboxylic acids is 1. The summed E-state index contributed by atoms with van der Waals surface area (Å²) in [6.07, 6.45) is 3.05. The summed E-state index contributed by atoms with van der Waals surface area (Å²) >= 11 is 0. The van der Waals surface area contributed by atoms with Gasteiger partial charge >= 0.3 is 17.7 Å². The fourth-order valence-electron chi connectivity index (χ4n) is 2.17. The third kappa shape index (κ3) is 3.43. The topological polar surface area (TPSA) is 108 Å². The van der Waals surface area contributed by atoms with Gasteiger partial charge in [0.05, 0.1) is 12.0 Å². The van der Waals surface area contributed by atoms with Crippen molar-refractivity contribution in [2.24, 2.45) is 0 Å². The van der Waals surface area contributed by atoms with E-state index in [-0.39, 0.29) is 12.1 Å². The van der Waals surface area contributed by atoms with Crippen LogP contribution in [-0.4, -0.2) is 59.1 Å². The molecule has 9 heteroatoms. The Labute approximate surface area is 121 Å². The van der Waals surface area contributed by atoms with Crippen LogP contribution < -0.4 is 4.74 Å². The first-order valence-electron chi connectivity index (χ1n) is 6.45. The molecule has 1 aromatic heterocycles. The summed E-state index contributed by atoms with van der Waals surface area (Å²) in [5.74, 6) is -0.896. The first-order chi connectivity index (χ1) is 10.0. The standard InChI is InChI=1S/C12H16N4O5/c1-15-5-3-4-8(15)7-21-12-13-6-9(16(18)19)10(14-12)11(17)20-2/h6,8H,3-5,7H2,1-2H3/t8-/m0/s1. The number of nitrogens with zero attached hydrogens (tertiary/aromatic N) is 4. The zero-order chi connectivity index (χ0) is 15.4. The van der Waals surface area contributed by atoms with Crippen LogP contribution in [0, 0.1) is 10.1 Å². The molecule has 0 bridgehead atoms. The van der Waals surface area contributed by atoms with Crippen LogP contribution in [0.25, 0.3) is 0 Å². The molecule has 1 saturated heterocycles. The molecular formula is C12H16N4O5. The molecule has 1 aliphatic heterocycles. The maximum absolute atomic E-state index is 11.5. The number of ether oxygens (including phenoxy) is 2. The molecule has 0 aromatic carbocycles. The molecule has 0 N–H and O–H groups in total. The van der Waals surface area contributed by atoms with Crippen LogP contribution in [0.15, 0.2) is 6.20 Å². The summed E-state index contributed by atoms with van der Waals surface area (Å²) in [4.78, 5) is 31.3. The van der Waals surface area contributed by atoms with Crippen molar-refractivity contribution in [2.75, 3.05) is 27.3 Å². The van der Waals surface area contributed by atoms with Crippen LogP contribution in [0.3, 0.4) is 0 Å². The molecular weight excluding hydrogens is 280 g/mol. The summed E-state index contributed by atoms with van der Waals surface area (Å²) < 4.78 is 9.92. The van der Waals surface area contributed by atoms with E-state index >= 15 is 0 Å². The first-order valence-corrected chi connectivity index (χ1v) is 6.45. The zero-order valence-corrected chi connectivity index (χ0v) is 11.8. The normalized spacial score (nSPS) is 18.5. The first kappa shape index (κ1) is 15.1. The summed E-state index contributed by atoms with van der Waals surface area (Å²) in [6.45, 7) is 1.37. The number of hydrogen-bond acceptors (Lipinski definition) is 8. The number of nitro groups is 1. The SMILES string of the molecule is COC(=O)c1nc(OC[C@@H]2CCCN2C)ncc1[N+](=O)[O-]. The molecule has 1 aromatic rings. The van der Waals surface area contributed by atoms with Gasteiger partial charge in [-0.1, -0.05) is 0 Å². The Bertz CT molecular complexity index is 550. The number of carbonyl (C=O) groups is 1. The third-order valence-electron chi connectivity index (χ3n) is 3.40. The van der Waals surface area contributed by atoms with Crippen molar-refractivity contribution in [3.8, 4) is 6.01 Å². The number of esters is 1. The van der Waals surface area contributed by atoms with Crippen molar-refractivity contribution in [3.05, 3.63) is 22.0 Å². The fourth-order valence-corrected chi connectivity index (χ4v) is 2.17. The van der Waals surface area contributed by atoms with Gasteiger partial charge in [-0.05, 0) is 26.4 Å². The molecule has 1 aliphatic rings. The highest BCUT2D eigenvalue weighted by molar-refractivity contribution is 5.91. The lowest BCUT2D eigenvalue weighted by molar-refractivity contribution is -0.385. The van der Waals surface area contributed by atoms with Gasteiger partial charge in [0.15, 0.2) is 0 Å². The minimum atomic E-state index is -0.896. The Morgan fingerprint density at radius 2 is 2.38 bits per heavy atom. The molecule has 9 nitrogen and oxygen atoms in total. The van der Waals surface area contributed by atoms with Crippen molar-refractivity contribution in [1.29, 1.82) is 0 Å². The van der Waals surface area contributed by atoms with Gasteiger partial charge in [0.25, 0.3) is 0 Å². The lowest BCUT2D eigenvalue weighted by atomic mass is 10.2. The smallest absolute Gasteiger partial charge is 0.364 e.